The zero-order valence-electron chi connectivity index (χ0n) is 12.3. The number of nitrogens with one attached hydrogen (secondary N) is 1. The highest BCUT2D eigenvalue weighted by molar-refractivity contribution is 6.31. The van der Waals surface area contributed by atoms with Crippen molar-refractivity contribution in [1.29, 1.82) is 0 Å². The van der Waals surface area contributed by atoms with Gasteiger partial charge < -0.3 is 5.32 Å². The van der Waals surface area contributed by atoms with Crippen molar-refractivity contribution in [3.05, 3.63) is 35.0 Å². The molecule has 2 nitrogen and oxygen atoms in total. The number of halogens is 4. The van der Waals surface area contributed by atoms with Crippen LogP contribution in [0.3, 0.4) is 0 Å². The van der Waals surface area contributed by atoms with Crippen LogP contribution in [0.5, 0.6) is 0 Å². The molecule has 1 aromatic carbocycles. The quantitative estimate of drug-likeness (QED) is 0.747. The van der Waals surface area contributed by atoms with Gasteiger partial charge in [-0.05, 0) is 37.1 Å². The lowest BCUT2D eigenvalue weighted by molar-refractivity contribution is -0.140. The van der Waals surface area contributed by atoms with Gasteiger partial charge >= 0.3 is 6.18 Å². The van der Waals surface area contributed by atoms with Crippen LogP contribution in [0.25, 0.3) is 10.9 Å². The predicted molar refractivity (Wildman–Crippen MR) is 87.1 cm³/mol. The van der Waals surface area contributed by atoms with Crippen LogP contribution in [0.15, 0.2) is 24.3 Å². The first-order chi connectivity index (χ1) is 10.8. The molecule has 23 heavy (non-hydrogen) atoms. The van der Waals surface area contributed by atoms with E-state index in [1.807, 2.05) is 0 Å². The maximum atomic E-state index is 13.1. The van der Waals surface area contributed by atoms with E-state index in [1.54, 1.807) is 12.1 Å². The summed E-state index contributed by atoms with van der Waals surface area (Å²) in [7, 11) is 3.64. The first-order valence-corrected chi connectivity index (χ1v) is 8.43. The Balaban J connectivity index is 2.00. The van der Waals surface area contributed by atoms with E-state index in [2.05, 4.69) is 20.5 Å². The minimum absolute atomic E-state index is 0.160. The number of alkyl halides is 3. The van der Waals surface area contributed by atoms with Crippen LogP contribution in [-0.2, 0) is 6.18 Å². The van der Waals surface area contributed by atoms with Gasteiger partial charge in [0.1, 0.15) is 5.69 Å². The highest BCUT2D eigenvalue weighted by atomic mass is 35.5. The van der Waals surface area contributed by atoms with Crippen LogP contribution in [-0.4, -0.2) is 21.3 Å². The van der Waals surface area contributed by atoms with Gasteiger partial charge in [-0.25, -0.2) is 4.98 Å². The molecular formula is C16H15ClF3N2Si. The molecule has 3 radical (unpaired) electrons. The molecular weight excluding hydrogens is 341 g/mol. The molecule has 1 aliphatic carbocycles. The summed E-state index contributed by atoms with van der Waals surface area (Å²) in [5.41, 5.74) is 0.341. The molecule has 121 valence electrons. The third-order valence-electron chi connectivity index (χ3n) is 4.15. The number of rotatable bonds is 2. The fraction of sp³-hybridized carbons (Fsp3) is 0.438. The molecule has 2 aromatic rings. The lowest BCUT2D eigenvalue weighted by Gasteiger charge is -2.28. The smallest absolute Gasteiger partial charge is 0.382 e. The highest BCUT2D eigenvalue weighted by Gasteiger charge is 2.33. The molecule has 0 atom stereocenters. The van der Waals surface area contributed by atoms with E-state index in [1.165, 1.54) is 6.07 Å². The van der Waals surface area contributed by atoms with E-state index in [4.69, 9.17) is 11.6 Å². The summed E-state index contributed by atoms with van der Waals surface area (Å²) < 4.78 is 39.2. The minimum atomic E-state index is -4.47. The molecule has 7 heteroatoms. The molecule has 0 spiro atoms. The fourth-order valence-electron chi connectivity index (χ4n) is 2.92. The van der Waals surface area contributed by atoms with Crippen LogP contribution in [0, 0.1) is 0 Å². The van der Waals surface area contributed by atoms with Crippen molar-refractivity contribution in [2.24, 2.45) is 0 Å². The maximum absolute atomic E-state index is 13.1. The SMILES string of the molecule is FC(F)(F)c1cc(NC2CCC([Si])CC2)c2cc(Cl)ccc2n1. The molecule has 1 aliphatic rings. The van der Waals surface area contributed by atoms with Crippen LogP contribution in [0.4, 0.5) is 18.9 Å². The predicted octanol–water partition coefficient (Wildman–Crippen LogP) is 5.22. The standard InChI is InChI=1S/C16H15ClF3N2Si/c17-9-1-6-13-12(7-9)14(8-15(22-13)16(18,19)20)21-10-2-4-11(23)5-3-10/h1,6-8,10-11H,2-5H2,(H,21,22). The summed E-state index contributed by atoms with van der Waals surface area (Å²) in [6, 6.07) is 5.97. The lowest BCUT2D eigenvalue weighted by atomic mass is 9.94. The van der Waals surface area contributed by atoms with Gasteiger partial charge in [0.25, 0.3) is 0 Å². The second-order valence-corrected chi connectivity index (χ2v) is 7.16. The average molecular weight is 356 g/mol. The molecule has 3 rings (SSSR count). The summed E-state index contributed by atoms with van der Waals surface area (Å²) in [6.45, 7) is 0. The highest BCUT2D eigenvalue weighted by Crippen LogP contribution is 2.36. The van der Waals surface area contributed by atoms with Crippen molar-refractivity contribution in [3.63, 3.8) is 0 Å². The molecule has 1 fully saturated rings. The number of hydrogen-bond acceptors (Lipinski definition) is 2. The van der Waals surface area contributed by atoms with Gasteiger partial charge in [-0.2, -0.15) is 13.2 Å². The van der Waals surface area contributed by atoms with Crippen molar-refractivity contribution < 1.29 is 13.2 Å². The van der Waals surface area contributed by atoms with Gasteiger partial charge in [-0.15, -0.1) is 0 Å². The average Bonchev–Trinajstić information content (AvgIpc) is 2.49. The largest absolute Gasteiger partial charge is 0.433 e. The van der Waals surface area contributed by atoms with E-state index in [9.17, 15) is 13.2 Å². The first-order valence-electron chi connectivity index (χ1n) is 7.48. The van der Waals surface area contributed by atoms with E-state index in [0.717, 1.165) is 31.7 Å². The van der Waals surface area contributed by atoms with E-state index >= 15 is 0 Å². The Morgan fingerprint density at radius 2 is 1.83 bits per heavy atom. The van der Waals surface area contributed by atoms with Crippen molar-refractivity contribution in [2.45, 2.75) is 43.4 Å². The normalized spacial score (nSPS) is 22.3. The number of nitrogens with zero attached hydrogens (tertiary/aromatic N) is 1. The topological polar surface area (TPSA) is 24.9 Å². The number of fused-ring (bicyclic) bond motifs is 1. The number of hydrogen-bond donors (Lipinski definition) is 1. The Morgan fingerprint density at radius 3 is 2.48 bits per heavy atom. The Bertz CT molecular complexity index is 712. The Kier molecular flexibility index (Phi) is 4.56. The molecule has 0 amide bonds. The van der Waals surface area contributed by atoms with Crippen molar-refractivity contribution in [3.8, 4) is 0 Å². The van der Waals surface area contributed by atoms with Gasteiger partial charge in [-0.1, -0.05) is 30.0 Å². The van der Waals surface area contributed by atoms with Crippen LogP contribution >= 0.6 is 11.6 Å². The van der Waals surface area contributed by atoms with Crippen molar-refractivity contribution in [1.82, 2.24) is 4.98 Å². The molecule has 0 unspecified atom stereocenters. The molecule has 1 N–H and O–H groups in total. The maximum Gasteiger partial charge on any atom is 0.433 e. The number of benzene rings is 1. The third kappa shape index (κ3) is 3.80. The number of aromatic nitrogens is 1. The van der Waals surface area contributed by atoms with E-state index in [0.29, 0.717) is 27.2 Å². The van der Waals surface area contributed by atoms with Gasteiger partial charge in [0.15, 0.2) is 0 Å². The summed E-state index contributed by atoms with van der Waals surface area (Å²) in [5.74, 6) is 0. The molecule has 0 bridgehead atoms. The van der Waals surface area contributed by atoms with E-state index < -0.39 is 11.9 Å². The second-order valence-electron chi connectivity index (χ2n) is 5.91. The molecule has 1 aromatic heterocycles. The minimum Gasteiger partial charge on any atom is -0.382 e. The van der Waals surface area contributed by atoms with Crippen LogP contribution in [0.1, 0.15) is 31.4 Å². The van der Waals surface area contributed by atoms with Gasteiger partial charge in [-0.3, -0.25) is 0 Å². The van der Waals surface area contributed by atoms with Crippen molar-refractivity contribution >= 4 is 38.4 Å². The number of pyridine rings is 1. The Hall–Kier alpha value is -1.27. The lowest BCUT2D eigenvalue weighted by Crippen LogP contribution is -2.25. The fourth-order valence-corrected chi connectivity index (χ4v) is 3.43. The molecule has 0 saturated heterocycles. The molecule has 0 aliphatic heterocycles. The van der Waals surface area contributed by atoms with E-state index in [-0.39, 0.29) is 6.04 Å². The summed E-state index contributed by atoms with van der Waals surface area (Å²) >= 11 is 6.00. The zero-order valence-corrected chi connectivity index (χ0v) is 14.0. The van der Waals surface area contributed by atoms with Crippen LogP contribution < -0.4 is 5.32 Å². The van der Waals surface area contributed by atoms with Gasteiger partial charge in [0.2, 0.25) is 0 Å². The summed E-state index contributed by atoms with van der Waals surface area (Å²) in [5, 5.41) is 4.36. The summed E-state index contributed by atoms with van der Waals surface area (Å²) in [4.78, 5) is 3.72. The Labute approximate surface area is 140 Å². The van der Waals surface area contributed by atoms with Gasteiger partial charge in [0, 0.05) is 32.4 Å². The molecule has 1 heterocycles. The molecule has 1 saturated carbocycles. The second kappa shape index (κ2) is 6.32. The number of anilines is 1. The third-order valence-corrected chi connectivity index (χ3v) is 4.96. The Morgan fingerprint density at radius 1 is 1.13 bits per heavy atom. The van der Waals surface area contributed by atoms with Crippen molar-refractivity contribution in [2.75, 3.05) is 5.32 Å². The first kappa shape index (κ1) is 16.6. The zero-order chi connectivity index (χ0) is 16.6. The van der Waals surface area contributed by atoms with Gasteiger partial charge in [0.05, 0.1) is 5.52 Å². The summed E-state index contributed by atoms with van der Waals surface area (Å²) in [6.07, 6.45) is -0.633. The monoisotopic (exact) mass is 355 g/mol. The van der Waals surface area contributed by atoms with Crippen LogP contribution in [0.2, 0.25) is 10.6 Å².